The minimum atomic E-state index is 0.469. The summed E-state index contributed by atoms with van der Waals surface area (Å²) in [5.74, 6) is 0.668. The van der Waals surface area contributed by atoms with Crippen LogP contribution < -0.4 is 10.1 Å². The quantitative estimate of drug-likeness (QED) is 0.846. The molecule has 1 aromatic heterocycles. The normalized spacial score (nSPS) is 18.4. The second-order valence-electron chi connectivity index (χ2n) is 4.96. The van der Waals surface area contributed by atoms with Crippen molar-refractivity contribution in [3.8, 4) is 5.88 Å². The van der Waals surface area contributed by atoms with Crippen LogP contribution in [0.4, 0.5) is 5.69 Å². The molecule has 1 saturated carbocycles. The fraction of sp³-hybridized carbons (Fsp3) is 0.615. The van der Waals surface area contributed by atoms with E-state index in [1.807, 2.05) is 12.1 Å². The van der Waals surface area contributed by atoms with Crippen LogP contribution in [-0.2, 0) is 0 Å². The van der Waals surface area contributed by atoms with Gasteiger partial charge >= 0.3 is 0 Å². The Morgan fingerprint density at radius 3 is 2.88 bits per heavy atom. The van der Waals surface area contributed by atoms with Gasteiger partial charge in [0.25, 0.3) is 0 Å². The van der Waals surface area contributed by atoms with E-state index in [1.165, 1.54) is 25.7 Å². The van der Waals surface area contributed by atoms with Gasteiger partial charge in [-0.3, -0.25) is 0 Å². The first-order valence-electron chi connectivity index (χ1n) is 5.96. The molecule has 16 heavy (non-hydrogen) atoms. The highest BCUT2D eigenvalue weighted by molar-refractivity contribution is 5.45. The zero-order valence-electron chi connectivity index (χ0n) is 10.1. The van der Waals surface area contributed by atoms with Crippen LogP contribution in [0.5, 0.6) is 5.88 Å². The summed E-state index contributed by atoms with van der Waals surface area (Å²) in [5.41, 5.74) is 1.57. The minimum absolute atomic E-state index is 0.469. The molecule has 1 fully saturated rings. The molecule has 0 radical (unpaired) electrons. The number of nitrogens with one attached hydrogen (secondary N) is 1. The number of hydrogen-bond acceptors (Lipinski definition) is 3. The number of anilines is 1. The molecule has 1 aliphatic rings. The molecule has 0 aliphatic heterocycles. The van der Waals surface area contributed by atoms with Gasteiger partial charge in [-0.2, -0.15) is 0 Å². The van der Waals surface area contributed by atoms with Gasteiger partial charge in [0.15, 0.2) is 0 Å². The van der Waals surface area contributed by atoms with Crippen molar-refractivity contribution in [3.05, 3.63) is 18.3 Å². The van der Waals surface area contributed by atoms with Crippen LogP contribution in [0.25, 0.3) is 0 Å². The lowest BCUT2D eigenvalue weighted by Crippen LogP contribution is -2.22. The van der Waals surface area contributed by atoms with Crippen LogP contribution in [0.2, 0.25) is 0 Å². The fourth-order valence-electron chi connectivity index (χ4n) is 2.35. The molecule has 0 saturated heterocycles. The van der Waals surface area contributed by atoms with Crippen molar-refractivity contribution in [2.24, 2.45) is 5.41 Å². The Kier molecular flexibility index (Phi) is 3.32. The molecular weight excluding hydrogens is 200 g/mol. The van der Waals surface area contributed by atoms with E-state index in [-0.39, 0.29) is 0 Å². The summed E-state index contributed by atoms with van der Waals surface area (Å²) in [6.45, 7) is 3.41. The summed E-state index contributed by atoms with van der Waals surface area (Å²) in [6, 6.07) is 3.93. The summed E-state index contributed by atoms with van der Waals surface area (Å²) >= 11 is 0. The van der Waals surface area contributed by atoms with Crippen LogP contribution in [0.1, 0.15) is 32.6 Å². The molecule has 0 spiro atoms. The number of nitrogens with zero attached hydrogens (tertiary/aromatic N) is 1. The standard InChI is InChI=1S/C13H20N2O/c1-13(6-3-4-7-13)10-15-11-5-8-14-12(9-11)16-2/h5,8-9H,3-4,6-7,10H2,1-2H3,(H,14,15). The largest absolute Gasteiger partial charge is 0.481 e. The smallest absolute Gasteiger partial charge is 0.214 e. The molecule has 1 N–H and O–H groups in total. The Balaban J connectivity index is 1.93. The van der Waals surface area contributed by atoms with E-state index in [0.717, 1.165) is 12.2 Å². The van der Waals surface area contributed by atoms with Crippen molar-refractivity contribution in [1.82, 2.24) is 4.98 Å². The monoisotopic (exact) mass is 220 g/mol. The molecule has 2 rings (SSSR count). The molecular formula is C13H20N2O. The maximum absolute atomic E-state index is 5.10. The maximum Gasteiger partial charge on any atom is 0.214 e. The lowest BCUT2D eigenvalue weighted by atomic mass is 9.89. The van der Waals surface area contributed by atoms with Gasteiger partial charge in [-0.25, -0.2) is 4.98 Å². The van der Waals surface area contributed by atoms with Gasteiger partial charge in [-0.05, 0) is 24.3 Å². The molecule has 0 unspecified atom stereocenters. The Hall–Kier alpha value is -1.25. The zero-order chi connectivity index (χ0) is 11.4. The molecule has 0 bridgehead atoms. The zero-order valence-corrected chi connectivity index (χ0v) is 10.1. The van der Waals surface area contributed by atoms with E-state index >= 15 is 0 Å². The third-order valence-corrected chi connectivity index (χ3v) is 3.47. The highest BCUT2D eigenvalue weighted by Gasteiger charge is 2.28. The molecule has 0 aromatic carbocycles. The van der Waals surface area contributed by atoms with E-state index in [9.17, 15) is 0 Å². The molecule has 88 valence electrons. The van der Waals surface area contributed by atoms with Gasteiger partial charge in [0.2, 0.25) is 5.88 Å². The first-order chi connectivity index (χ1) is 7.72. The number of aromatic nitrogens is 1. The second kappa shape index (κ2) is 4.73. The number of rotatable bonds is 4. The summed E-state index contributed by atoms with van der Waals surface area (Å²) in [4.78, 5) is 4.09. The lowest BCUT2D eigenvalue weighted by Gasteiger charge is -2.24. The van der Waals surface area contributed by atoms with Crippen LogP contribution in [0.15, 0.2) is 18.3 Å². The predicted octanol–water partition coefficient (Wildman–Crippen LogP) is 3.08. The average Bonchev–Trinajstić information content (AvgIpc) is 2.75. The van der Waals surface area contributed by atoms with Gasteiger partial charge in [-0.1, -0.05) is 19.8 Å². The Bertz CT molecular complexity index is 346. The average molecular weight is 220 g/mol. The molecule has 1 heterocycles. The van der Waals surface area contributed by atoms with Gasteiger partial charge < -0.3 is 10.1 Å². The maximum atomic E-state index is 5.10. The lowest BCUT2D eigenvalue weighted by molar-refractivity contribution is 0.361. The van der Waals surface area contributed by atoms with E-state index < -0.39 is 0 Å². The first-order valence-corrected chi connectivity index (χ1v) is 5.96. The van der Waals surface area contributed by atoms with Crippen LogP contribution in [0.3, 0.4) is 0 Å². The number of hydrogen-bond donors (Lipinski definition) is 1. The molecule has 0 atom stereocenters. The predicted molar refractivity (Wildman–Crippen MR) is 65.9 cm³/mol. The number of ether oxygens (including phenoxy) is 1. The van der Waals surface area contributed by atoms with Crippen molar-refractivity contribution >= 4 is 5.69 Å². The van der Waals surface area contributed by atoms with Gasteiger partial charge in [-0.15, -0.1) is 0 Å². The van der Waals surface area contributed by atoms with Gasteiger partial charge in [0.05, 0.1) is 7.11 Å². The molecule has 3 heteroatoms. The van der Waals surface area contributed by atoms with Crippen LogP contribution in [0, 0.1) is 5.41 Å². The highest BCUT2D eigenvalue weighted by Crippen LogP contribution is 2.37. The van der Waals surface area contributed by atoms with E-state index in [1.54, 1.807) is 13.3 Å². The van der Waals surface area contributed by atoms with Crippen molar-refractivity contribution in [2.75, 3.05) is 19.0 Å². The molecule has 1 aromatic rings. The minimum Gasteiger partial charge on any atom is -0.481 e. The third-order valence-electron chi connectivity index (χ3n) is 3.47. The van der Waals surface area contributed by atoms with Crippen molar-refractivity contribution in [3.63, 3.8) is 0 Å². The summed E-state index contributed by atoms with van der Waals surface area (Å²) < 4.78 is 5.10. The highest BCUT2D eigenvalue weighted by atomic mass is 16.5. The van der Waals surface area contributed by atoms with Crippen molar-refractivity contribution in [1.29, 1.82) is 0 Å². The van der Waals surface area contributed by atoms with Crippen molar-refractivity contribution < 1.29 is 4.74 Å². The molecule has 1 aliphatic carbocycles. The molecule has 0 amide bonds. The van der Waals surface area contributed by atoms with Crippen molar-refractivity contribution in [2.45, 2.75) is 32.6 Å². The first kappa shape index (κ1) is 11.2. The number of pyridine rings is 1. The van der Waals surface area contributed by atoms with Crippen LogP contribution in [-0.4, -0.2) is 18.6 Å². The number of methoxy groups -OCH3 is 1. The SMILES string of the molecule is COc1cc(NCC2(C)CCCC2)ccn1. The van der Waals surface area contributed by atoms with E-state index in [2.05, 4.69) is 17.2 Å². The summed E-state index contributed by atoms with van der Waals surface area (Å²) in [7, 11) is 1.64. The topological polar surface area (TPSA) is 34.1 Å². The Labute approximate surface area is 97.2 Å². The van der Waals surface area contributed by atoms with E-state index in [4.69, 9.17) is 4.74 Å². The second-order valence-corrected chi connectivity index (χ2v) is 4.96. The Morgan fingerprint density at radius 1 is 1.44 bits per heavy atom. The summed E-state index contributed by atoms with van der Waals surface area (Å²) in [6.07, 6.45) is 7.19. The van der Waals surface area contributed by atoms with E-state index in [0.29, 0.717) is 11.3 Å². The van der Waals surface area contributed by atoms with Gasteiger partial charge in [0.1, 0.15) is 0 Å². The van der Waals surface area contributed by atoms with Crippen LogP contribution >= 0.6 is 0 Å². The summed E-state index contributed by atoms with van der Waals surface area (Å²) in [5, 5.41) is 3.48. The fourth-order valence-corrected chi connectivity index (χ4v) is 2.35. The third kappa shape index (κ3) is 2.65. The molecule has 3 nitrogen and oxygen atoms in total. The van der Waals surface area contributed by atoms with Gasteiger partial charge in [0, 0.05) is 24.5 Å². The Morgan fingerprint density at radius 2 is 2.19 bits per heavy atom.